The topological polar surface area (TPSA) is 176 Å². The van der Waals surface area contributed by atoms with Gasteiger partial charge in [-0.15, -0.1) is 0 Å². The molecule has 0 unspecified atom stereocenters. The molecule has 0 saturated carbocycles. The predicted octanol–water partition coefficient (Wildman–Crippen LogP) is 10.5. The van der Waals surface area contributed by atoms with Gasteiger partial charge in [0.1, 0.15) is 11.6 Å². The molecule has 0 saturated heterocycles. The summed E-state index contributed by atoms with van der Waals surface area (Å²) in [5.74, 6) is 1.86. The maximum atomic E-state index is 12.1. The summed E-state index contributed by atoms with van der Waals surface area (Å²) in [6, 6.07) is 32.5. The molecule has 4 amide bonds. The number of amides is 4. The van der Waals surface area contributed by atoms with E-state index in [-0.39, 0.29) is 23.9 Å². The third kappa shape index (κ3) is 18.4. The van der Waals surface area contributed by atoms with E-state index < -0.39 is 0 Å². The summed E-state index contributed by atoms with van der Waals surface area (Å²) in [5.41, 5.74) is 11.3. The van der Waals surface area contributed by atoms with Crippen LogP contribution in [0.15, 0.2) is 109 Å². The molecule has 2 aliphatic heterocycles. The zero-order valence-corrected chi connectivity index (χ0v) is 48.5. The zero-order chi connectivity index (χ0) is 56.1. The number of carbonyl (C=O) groups excluding carboxylic acids is 2. The fourth-order valence-corrected chi connectivity index (χ4v) is 11.0. The highest BCUT2D eigenvalue weighted by Crippen LogP contribution is 2.41. The van der Waals surface area contributed by atoms with E-state index in [1.54, 1.807) is 0 Å². The average molecular weight is 1170 g/mol. The van der Waals surface area contributed by atoms with Gasteiger partial charge in [-0.2, -0.15) is 0 Å². The number of aromatic nitrogens is 2. The van der Waals surface area contributed by atoms with Gasteiger partial charge < -0.3 is 60.6 Å². The Bertz CT molecular complexity index is 2750. The van der Waals surface area contributed by atoms with Gasteiger partial charge in [-0.1, -0.05) is 94.9 Å². The zero-order valence-electron chi connectivity index (χ0n) is 45.4. The average Bonchev–Trinajstić information content (AvgIpc) is 3.54. The van der Waals surface area contributed by atoms with E-state index in [4.69, 9.17) is 65.4 Å². The van der Waals surface area contributed by atoms with Crippen molar-refractivity contribution in [1.29, 1.82) is 0 Å². The van der Waals surface area contributed by atoms with Gasteiger partial charge in [0, 0.05) is 121 Å². The molecule has 4 aromatic carbocycles. The van der Waals surface area contributed by atoms with Crippen molar-refractivity contribution < 1.29 is 28.5 Å². The van der Waals surface area contributed by atoms with Crippen molar-refractivity contribution in [1.82, 2.24) is 41.0 Å². The Hall–Kier alpha value is -5.76. The minimum atomic E-state index is -0.264. The molecule has 0 bridgehead atoms. The van der Waals surface area contributed by atoms with Crippen molar-refractivity contribution in [3.63, 3.8) is 0 Å². The molecule has 0 fully saturated rings. The predicted molar refractivity (Wildman–Crippen MR) is 321 cm³/mol. The molecular formula is C60H72Cl4N10O6. The van der Waals surface area contributed by atoms with Crippen LogP contribution in [0.25, 0.3) is 22.3 Å². The molecular weight excluding hydrogens is 1100 g/mol. The molecule has 20 heteroatoms. The number of likely N-dealkylation sites (N-methyl/N-ethyl adjacent to an activating group) is 2. The summed E-state index contributed by atoms with van der Waals surface area (Å²) >= 11 is 26.1. The standard InChI is InChI=1S/C60H72Cl4N10O6/c1-73-37-51(49-31-47(61)33-55(63)53(49)39-73)43-9-5-7-41(29-43)45-11-13-57(71-35-45)65-17-21-77-25-27-79-23-19-69-59(75)67-15-3-4-16-68-60(76)70-20-24-80-28-26-78-22-18-66-58-14-12-46(36-72-58)42-8-6-10-44(30-42)52-38-74(2)40-54-50(52)32-48(62)34-56(54)64/h5-14,29-36,51-52H,3-4,15-28,37-40H2,1-2H3,(H,65,71)(H,66,72)(H2,67,69,75)(H2,68,70,76)/t51-,52-/m0/s1. The monoisotopic (exact) mass is 1170 g/mol. The number of ether oxygens (including phenoxy) is 4. The first-order chi connectivity index (χ1) is 39.0. The SMILES string of the molecule is CN1Cc2c(Cl)cc(Cl)cc2[C@H](c2cccc(-c3ccc(NCCOCCOCCNC(=O)NCCCCNC(=O)NCCOCCOCCNc4ccc(-c5cccc([C@@H]6CN(C)Cc7c(Cl)cc(Cl)cc76)c5)cn4)nc3)c2)C1. The number of nitrogens with one attached hydrogen (secondary N) is 6. The minimum Gasteiger partial charge on any atom is -0.377 e. The van der Waals surface area contributed by atoms with Gasteiger partial charge in [-0.05, 0) is 120 Å². The number of fused-ring (bicyclic) bond motifs is 2. The van der Waals surface area contributed by atoms with E-state index in [1.807, 2.05) is 36.7 Å². The van der Waals surface area contributed by atoms with Gasteiger partial charge in [0.2, 0.25) is 0 Å². The molecule has 6 N–H and O–H groups in total. The van der Waals surface area contributed by atoms with Crippen LogP contribution in [-0.4, -0.2) is 151 Å². The lowest BCUT2D eigenvalue weighted by Gasteiger charge is -2.33. The first-order valence-electron chi connectivity index (χ1n) is 27.2. The van der Waals surface area contributed by atoms with Crippen molar-refractivity contribution in [3.05, 3.63) is 163 Å². The van der Waals surface area contributed by atoms with Crippen molar-refractivity contribution in [3.8, 4) is 22.3 Å². The Morgan fingerprint density at radius 1 is 0.487 bits per heavy atom. The number of rotatable bonds is 29. The molecule has 6 aromatic rings. The number of nitrogens with zero attached hydrogens (tertiary/aromatic N) is 4. The molecule has 0 spiro atoms. The van der Waals surface area contributed by atoms with Gasteiger partial charge in [-0.25, -0.2) is 19.6 Å². The highest BCUT2D eigenvalue weighted by molar-refractivity contribution is 6.35. The fourth-order valence-electron chi connectivity index (χ4n) is 9.87. The lowest BCUT2D eigenvalue weighted by Crippen LogP contribution is -2.39. The molecule has 80 heavy (non-hydrogen) atoms. The lowest BCUT2D eigenvalue weighted by atomic mass is 9.84. The Morgan fingerprint density at radius 3 is 1.29 bits per heavy atom. The number of carbonyl (C=O) groups is 2. The van der Waals surface area contributed by atoms with Gasteiger partial charge >= 0.3 is 12.1 Å². The van der Waals surface area contributed by atoms with Gasteiger partial charge in [0.05, 0.1) is 52.9 Å². The third-order valence-corrected chi connectivity index (χ3v) is 15.0. The normalized spacial score (nSPS) is 15.2. The molecule has 2 aromatic heterocycles. The quantitative estimate of drug-likeness (QED) is 0.0246. The van der Waals surface area contributed by atoms with E-state index in [0.29, 0.717) is 125 Å². The van der Waals surface area contributed by atoms with Crippen molar-refractivity contribution >= 4 is 70.1 Å². The van der Waals surface area contributed by atoms with Crippen LogP contribution >= 0.6 is 46.4 Å². The molecule has 16 nitrogen and oxygen atoms in total. The molecule has 8 rings (SSSR count). The Balaban J connectivity index is 0.569. The van der Waals surface area contributed by atoms with E-state index in [9.17, 15) is 9.59 Å². The number of urea groups is 2. The highest BCUT2D eigenvalue weighted by Gasteiger charge is 2.29. The summed E-state index contributed by atoms with van der Waals surface area (Å²) in [6.07, 6.45) is 5.19. The second kappa shape index (κ2) is 31.5. The number of hydrogen-bond donors (Lipinski definition) is 6. The Kier molecular flexibility index (Phi) is 23.7. The molecule has 2 atom stereocenters. The fraction of sp³-hybridized carbons (Fsp3) is 0.400. The number of hydrogen-bond acceptors (Lipinski definition) is 12. The second-order valence-electron chi connectivity index (χ2n) is 19.9. The van der Waals surface area contributed by atoms with Crippen molar-refractivity contribution in [2.75, 3.05) is 130 Å². The smallest absolute Gasteiger partial charge is 0.314 e. The van der Waals surface area contributed by atoms with Crippen LogP contribution in [-0.2, 0) is 32.0 Å². The molecule has 2 aliphatic rings. The summed E-state index contributed by atoms with van der Waals surface area (Å²) in [7, 11) is 4.23. The number of pyridine rings is 2. The van der Waals surface area contributed by atoms with Gasteiger partial charge in [0.15, 0.2) is 0 Å². The summed E-state index contributed by atoms with van der Waals surface area (Å²) in [4.78, 5) is 38.1. The van der Waals surface area contributed by atoms with Gasteiger partial charge in [0.25, 0.3) is 0 Å². The first kappa shape index (κ1) is 60.3. The van der Waals surface area contributed by atoms with E-state index in [2.05, 4.69) is 139 Å². The van der Waals surface area contributed by atoms with E-state index >= 15 is 0 Å². The van der Waals surface area contributed by atoms with Crippen LogP contribution in [0.4, 0.5) is 21.2 Å². The molecule has 426 valence electrons. The minimum absolute atomic E-state index is 0.161. The van der Waals surface area contributed by atoms with E-state index in [0.717, 1.165) is 71.2 Å². The molecule has 4 heterocycles. The number of anilines is 2. The molecule has 0 aliphatic carbocycles. The largest absolute Gasteiger partial charge is 0.377 e. The van der Waals surface area contributed by atoms with Crippen LogP contribution in [0.2, 0.25) is 20.1 Å². The maximum absolute atomic E-state index is 12.1. The highest BCUT2D eigenvalue weighted by atomic mass is 35.5. The maximum Gasteiger partial charge on any atom is 0.314 e. The van der Waals surface area contributed by atoms with Crippen LogP contribution < -0.4 is 31.9 Å². The Labute approximate surface area is 489 Å². The summed E-state index contributed by atoms with van der Waals surface area (Å²) in [6.45, 7) is 9.70. The van der Waals surface area contributed by atoms with Crippen LogP contribution in [0, 0.1) is 0 Å². The van der Waals surface area contributed by atoms with Crippen molar-refractivity contribution in [2.45, 2.75) is 37.8 Å². The second-order valence-corrected chi connectivity index (χ2v) is 21.6. The van der Waals surface area contributed by atoms with Crippen LogP contribution in [0.1, 0.15) is 58.1 Å². The summed E-state index contributed by atoms with van der Waals surface area (Å²) < 4.78 is 22.6. The first-order valence-corrected chi connectivity index (χ1v) is 28.8. The van der Waals surface area contributed by atoms with Crippen molar-refractivity contribution in [2.24, 2.45) is 0 Å². The van der Waals surface area contributed by atoms with E-state index in [1.165, 1.54) is 22.3 Å². The summed E-state index contributed by atoms with van der Waals surface area (Å²) in [5, 5.41) is 20.6. The molecule has 0 radical (unpaired) electrons. The lowest BCUT2D eigenvalue weighted by molar-refractivity contribution is 0.0533. The number of halogens is 4. The van der Waals surface area contributed by atoms with Gasteiger partial charge in [-0.3, -0.25) is 0 Å². The Morgan fingerprint density at radius 2 is 0.887 bits per heavy atom. The third-order valence-electron chi connectivity index (χ3n) is 13.8. The number of unbranched alkanes of at least 4 members (excludes halogenated alkanes) is 1. The van der Waals surface area contributed by atoms with Crippen LogP contribution in [0.3, 0.4) is 0 Å². The van der Waals surface area contributed by atoms with Crippen LogP contribution in [0.5, 0.6) is 0 Å². The number of benzene rings is 4.